The molecule has 0 fully saturated rings. The molecule has 3 unspecified atom stereocenters. The molecule has 22 heteroatoms. The topological polar surface area (TPSA) is 319 Å². The number of hydrogen-bond acceptors (Lipinski definition) is 14. The van der Waals surface area contributed by atoms with E-state index >= 15 is 0 Å². The number of ether oxygens (including phenoxy) is 6. The van der Waals surface area contributed by atoms with Gasteiger partial charge in [-0.2, -0.15) is 0 Å². The summed E-state index contributed by atoms with van der Waals surface area (Å²) in [5.41, 5.74) is 19.2. The van der Waals surface area contributed by atoms with Crippen LogP contribution in [0.4, 0.5) is 4.79 Å². The number of azide groups is 1. The first-order valence-electron chi connectivity index (χ1n) is 20.7. The van der Waals surface area contributed by atoms with E-state index in [-0.39, 0.29) is 74.5 Å². The maximum atomic E-state index is 13.1. The number of amides is 6. The maximum absolute atomic E-state index is 13.1. The van der Waals surface area contributed by atoms with Gasteiger partial charge in [-0.05, 0) is 37.1 Å². The van der Waals surface area contributed by atoms with Crippen LogP contribution in [-0.2, 0) is 52.4 Å². The maximum Gasteiger partial charge on any atom is 0.312 e. The zero-order chi connectivity index (χ0) is 44.8. The molecule has 0 aromatic carbocycles. The molecule has 0 aliphatic carbocycles. The minimum Gasteiger partial charge on any atom is -0.379 e. The van der Waals surface area contributed by atoms with Crippen LogP contribution in [0, 0.1) is 11.8 Å². The number of nitrogens with zero attached hydrogens (tertiary/aromatic N) is 3. The molecule has 0 heterocycles. The van der Waals surface area contributed by atoms with Gasteiger partial charge in [0.05, 0.1) is 91.4 Å². The van der Waals surface area contributed by atoms with Gasteiger partial charge in [0.1, 0.15) is 6.04 Å². The second-order valence-corrected chi connectivity index (χ2v) is 14.2. The number of Topliss-reactive ketones (excluding diaryl/α,β-unsaturated/α-hetero) is 1. The predicted octanol–water partition coefficient (Wildman–Crippen LogP) is 0.206. The van der Waals surface area contributed by atoms with Crippen LogP contribution in [-0.4, -0.2) is 159 Å². The minimum atomic E-state index is -0.849. The Morgan fingerprint density at radius 1 is 0.600 bits per heavy atom. The van der Waals surface area contributed by atoms with Crippen molar-refractivity contribution in [3.63, 3.8) is 0 Å². The summed E-state index contributed by atoms with van der Waals surface area (Å²) in [6, 6.07) is -2.89. The molecular formula is C38H72N10O12. The van der Waals surface area contributed by atoms with Crippen molar-refractivity contribution in [2.24, 2.45) is 28.4 Å². The van der Waals surface area contributed by atoms with E-state index < -0.39 is 30.1 Å². The molecule has 60 heavy (non-hydrogen) atoms. The fourth-order valence-corrected chi connectivity index (χ4v) is 5.11. The third-order valence-corrected chi connectivity index (χ3v) is 8.44. The Morgan fingerprint density at radius 3 is 1.63 bits per heavy atom. The third-order valence-electron chi connectivity index (χ3n) is 8.44. The Kier molecular flexibility index (Phi) is 35.2. The number of urea groups is 1. The van der Waals surface area contributed by atoms with E-state index in [1.807, 2.05) is 0 Å². The second-order valence-electron chi connectivity index (χ2n) is 14.2. The molecule has 0 aromatic rings. The van der Waals surface area contributed by atoms with E-state index in [0.29, 0.717) is 111 Å². The first kappa shape index (κ1) is 55.9. The smallest absolute Gasteiger partial charge is 0.312 e. The van der Waals surface area contributed by atoms with Gasteiger partial charge in [-0.1, -0.05) is 39.2 Å². The highest BCUT2D eigenvalue weighted by molar-refractivity contribution is 5.93. The van der Waals surface area contributed by atoms with Crippen LogP contribution >= 0.6 is 0 Å². The summed E-state index contributed by atoms with van der Waals surface area (Å²) in [6.07, 6.45) is 2.88. The molecule has 3 atom stereocenters. The Balaban J connectivity index is 3.80. The summed E-state index contributed by atoms with van der Waals surface area (Å²) in [5.74, 6) is -1.93. The van der Waals surface area contributed by atoms with E-state index in [4.69, 9.17) is 45.4 Å². The number of primary amides is 1. The molecule has 346 valence electrons. The molecule has 0 radical (unpaired) electrons. The summed E-state index contributed by atoms with van der Waals surface area (Å²) in [6.45, 7) is 12.0. The number of unbranched alkanes of at least 4 members (excludes halogenated alkanes) is 1. The number of carbonyl (C=O) groups excluding carboxylic acids is 6. The Hall–Kier alpha value is -4.15. The molecule has 0 aromatic heterocycles. The number of ketones is 1. The molecular weight excluding hydrogens is 788 g/mol. The number of carbonyl (C=O) groups is 6. The van der Waals surface area contributed by atoms with Crippen LogP contribution in [0.3, 0.4) is 0 Å². The number of rotatable bonds is 40. The van der Waals surface area contributed by atoms with Crippen LogP contribution in [0.1, 0.15) is 72.6 Å². The SMILES string of the molecule is CC(C)C(=O)C(CCCNC(N)=O)NC(=O)C(NC(=O)CCOCCOCCOCCNC(=O)CCOCCOCCOCCNC(=O)C(N)CCCCN=[N+]=[N-])C(C)C. The van der Waals surface area contributed by atoms with Crippen molar-refractivity contribution in [1.82, 2.24) is 26.6 Å². The first-order valence-corrected chi connectivity index (χ1v) is 20.7. The molecule has 0 rings (SSSR count). The summed E-state index contributed by atoms with van der Waals surface area (Å²) >= 11 is 0. The zero-order valence-corrected chi connectivity index (χ0v) is 36.0. The lowest BCUT2D eigenvalue weighted by atomic mass is 9.96. The zero-order valence-electron chi connectivity index (χ0n) is 36.0. The van der Waals surface area contributed by atoms with Crippen LogP contribution in [0.15, 0.2) is 5.11 Å². The first-order chi connectivity index (χ1) is 28.8. The van der Waals surface area contributed by atoms with E-state index in [1.54, 1.807) is 27.7 Å². The van der Waals surface area contributed by atoms with Gasteiger partial charge in [0.15, 0.2) is 5.78 Å². The van der Waals surface area contributed by atoms with Gasteiger partial charge in [0, 0.05) is 49.9 Å². The highest BCUT2D eigenvalue weighted by atomic mass is 16.5. The largest absolute Gasteiger partial charge is 0.379 e. The summed E-state index contributed by atoms with van der Waals surface area (Å²) in [7, 11) is 0. The van der Waals surface area contributed by atoms with Gasteiger partial charge in [-0.25, -0.2) is 4.79 Å². The van der Waals surface area contributed by atoms with Crippen LogP contribution < -0.4 is 38.1 Å². The molecule has 6 amide bonds. The van der Waals surface area contributed by atoms with Gasteiger partial charge < -0.3 is 66.5 Å². The van der Waals surface area contributed by atoms with E-state index in [2.05, 4.69) is 36.6 Å². The number of hydrogen-bond donors (Lipinski definition) is 7. The minimum absolute atomic E-state index is 0.0314. The Morgan fingerprint density at radius 2 is 1.12 bits per heavy atom. The van der Waals surface area contributed by atoms with Gasteiger partial charge in [-0.3, -0.25) is 24.0 Å². The normalized spacial score (nSPS) is 12.6. The molecule has 0 saturated carbocycles. The molecule has 0 saturated heterocycles. The summed E-state index contributed by atoms with van der Waals surface area (Å²) in [5, 5.41) is 16.9. The fraction of sp³-hybridized carbons (Fsp3) is 0.842. The molecule has 9 N–H and O–H groups in total. The van der Waals surface area contributed by atoms with Crippen molar-refractivity contribution in [3.05, 3.63) is 10.4 Å². The van der Waals surface area contributed by atoms with Gasteiger partial charge in [-0.15, -0.1) is 0 Å². The predicted molar refractivity (Wildman–Crippen MR) is 221 cm³/mol. The molecule has 0 bridgehead atoms. The van der Waals surface area contributed by atoms with Crippen molar-refractivity contribution < 1.29 is 57.2 Å². The van der Waals surface area contributed by atoms with Crippen LogP contribution in [0.5, 0.6) is 0 Å². The lowest BCUT2D eigenvalue weighted by molar-refractivity contribution is -0.133. The Bertz CT molecular complexity index is 1260. The van der Waals surface area contributed by atoms with Crippen molar-refractivity contribution in [2.75, 3.05) is 105 Å². The summed E-state index contributed by atoms with van der Waals surface area (Å²) < 4.78 is 32.7. The molecule has 0 aliphatic heterocycles. The van der Waals surface area contributed by atoms with Gasteiger partial charge in [0.25, 0.3) is 0 Å². The summed E-state index contributed by atoms with van der Waals surface area (Å²) in [4.78, 5) is 75.9. The average molecular weight is 861 g/mol. The fourth-order valence-electron chi connectivity index (χ4n) is 5.11. The highest BCUT2D eigenvalue weighted by Crippen LogP contribution is 2.09. The quantitative estimate of drug-likeness (QED) is 0.0188. The standard InChI is InChI=1S/C38H72N10O12/c1-28(2)34(37(53)46-31(35(51)29(3)4)9-7-12-44-38(40)54)47-33(50)11-17-56-21-25-60-26-22-57-18-14-42-32(49)10-16-55-20-24-59-27-23-58-19-15-43-36(52)30(39)8-5-6-13-45-48-41/h28-31,34H,5-27,39H2,1-4H3,(H,42,49)(H,43,52)(H,46,53)(H,47,50)(H3,40,44,54). The molecule has 0 aliphatic rings. The molecule has 0 spiro atoms. The van der Waals surface area contributed by atoms with E-state index in [1.165, 1.54) is 0 Å². The van der Waals surface area contributed by atoms with Gasteiger partial charge >= 0.3 is 6.03 Å². The number of nitrogens with two attached hydrogens (primary N) is 2. The van der Waals surface area contributed by atoms with Crippen molar-refractivity contribution in [3.8, 4) is 0 Å². The Labute approximate surface area is 353 Å². The van der Waals surface area contributed by atoms with Crippen molar-refractivity contribution in [1.29, 1.82) is 0 Å². The van der Waals surface area contributed by atoms with Gasteiger partial charge in [0.2, 0.25) is 23.6 Å². The van der Waals surface area contributed by atoms with Crippen LogP contribution in [0.2, 0.25) is 0 Å². The molecule has 22 nitrogen and oxygen atoms in total. The second kappa shape index (κ2) is 37.8. The monoisotopic (exact) mass is 861 g/mol. The van der Waals surface area contributed by atoms with Crippen molar-refractivity contribution >= 4 is 35.4 Å². The van der Waals surface area contributed by atoms with Crippen molar-refractivity contribution in [2.45, 2.75) is 90.8 Å². The lowest BCUT2D eigenvalue weighted by Crippen LogP contribution is -2.54. The number of nitrogens with one attached hydrogen (secondary N) is 5. The average Bonchev–Trinajstić information content (AvgIpc) is 3.20. The highest BCUT2D eigenvalue weighted by Gasteiger charge is 2.29. The van der Waals surface area contributed by atoms with Crippen LogP contribution in [0.25, 0.3) is 10.4 Å². The van der Waals surface area contributed by atoms with E-state index in [9.17, 15) is 28.8 Å². The van der Waals surface area contributed by atoms with E-state index in [0.717, 1.165) is 0 Å². The lowest BCUT2D eigenvalue weighted by Gasteiger charge is -2.26. The third kappa shape index (κ3) is 32.7.